The Morgan fingerprint density at radius 1 is 1.20 bits per heavy atom. The standard InChI is InChI=1S/C10H7Cl2NO2/c1-15-9-3-5-2-6(11)7(12)4-8(5)13-10(9)14/h2-4H,1H3,(H,13,14). The first-order chi connectivity index (χ1) is 7.11. The number of aromatic nitrogens is 1. The zero-order valence-corrected chi connectivity index (χ0v) is 9.32. The van der Waals surface area contributed by atoms with Gasteiger partial charge < -0.3 is 9.72 Å². The molecule has 1 N–H and O–H groups in total. The zero-order valence-electron chi connectivity index (χ0n) is 7.80. The molecule has 0 amide bonds. The number of pyridine rings is 1. The summed E-state index contributed by atoms with van der Waals surface area (Å²) in [5, 5.41) is 1.63. The van der Waals surface area contributed by atoms with Crippen LogP contribution in [0, 0.1) is 0 Å². The zero-order chi connectivity index (χ0) is 11.0. The van der Waals surface area contributed by atoms with E-state index >= 15 is 0 Å². The number of aromatic amines is 1. The van der Waals surface area contributed by atoms with Crippen molar-refractivity contribution >= 4 is 34.1 Å². The van der Waals surface area contributed by atoms with E-state index in [2.05, 4.69) is 4.98 Å². The minimum absolute atomic E-state index is 0.251. The lowest BCUT2D eigenvalue weighted by atomic mass is 10.2. The van der Waals surface area contributed by atoms with Crippen LogP contribution in [-0.4, -0.2) is 12.1 Å². The van der Waals surface area contributed by atoms with Crippen LogP contribution in [-0.2, 0) is 0 Å². The summed E-state index contributed by atoms with van der Waals surface area (Å²) in [6.45, 7) is 0. The number of rotatable bonds is 1. The van der Waals surface area contributed by atoms with Gasteiger partial charge in [-0.3, -0.25) is 4.79 Å². The topological polar surface area (TPSA) is 42.1 Å². The first kappa shape index (κ1) is 10.3. The Labute approximate surface area is 95.6 Å². The van der Waals surface area contributed by atoms with Crippen molar-refractivity contribution in [3.05, 3.63) is 38.6 Å². The highest BCUT2D eigenvalue weighted by molar-refractivity contribution is 6.42. The van der Waals surface area contributed by atoms with E-state index < -0.39 is 0 Å². The summed E-state index contributed by atoms with van der Waals surface area (Å²) in [6.07, 6.45) is 0. The average molecular weight is 244 g/mol. The molecule has 0 saturated heterocycles. The van der Waals surface area contributed by atoms with E-state index in [9.17, 15) is 4.79 Å². The highest BCUT2D eigenvalue weighted by Crippen LogP contribution is 2.27. The van der Waals surface area contributed by atoms with Crippen LogP contribution in [0.15, 0.2) is 23.0 Å². The van der Waals surface area contributed by atoms with Crippen LogP contribution in [0.2, 0.25) is 10.0 Å². The summed E-state index contributed by atoms with van der Waals surface area (Å²) >= 11 is 11.7. The lowest BCUT2D eigenvalue weighted by Gasteiger charge is -2.03. The molecule has 1 heterocycles. The lowest BCUT2D eigenvalue weighted by molar-refractivity contribution is 0.409. The van der Waals surface area contributed by atoms with Crippen molar-refractivity contribution in [1.82, 2.24) is 4.98 Å². The number of ether oxygens (including phenoxy) is 1. The molecular formula is C10H7Cl2NO2. The first-order valence-electron chi connectivity index (χ1n) is 4.18. The molecule has 0 aliphatic heterocycles. The molecule has 0 radical (unpaired) electrons. The Balaban J connectivity index is 2.82. The Bertz CT molecular complexity index is 577. The number of fused-ring (bicyclic) bond motifs is 1. The van der Waals surface area contributed by atoms with Crippen molar-refractivity contribution in [1.29, 1.82) is 0 Å². The van der Waals surface area contributed by atoms with Crippen molar-refractivity contribution < 1.29 is 4.74 Å². The quantitative estimate of drug-likeness (QED) is 0.837. The summed E-state index contributed by atoms with van der Waals surface area (Å²) < 4.78 is 4.90. The fourth-order valence-corrected chi connectivity index (χ4v) is 1.67. The summed E-state index contributed by atoms with van der Waals surface area (Å²) in [6, 6.07) is 4.91. The number of H-pyrrole nitrogens is 1. The van der Waals surface area contributed by atoms with Crippen molar-refractivity contribution in [2.75, 3.05) is 7.11 Å². The van der Waals surface area contributed by atoms with E-state index in [0.717, 1.165) is 5.39 Å². The van der Waals surface area contributed by atoms with Gasteiger partial charge in [0, 0.05) is 5.39 Å². The van der Waals surface area contributed by atoms with Gasteiger partial charge in [0.25, 0.3) is 5.56 Å². The summed E-state index contributed by atoms with van der Waals surface area (Å²) in [5.74, 6) is 0.251. The number of benzene rings is 1. The highest BCUT2D eigenvalue weighted by Gasteiger charge is 2.05. The predicted molar refractivity (Wildman–Crippen MR) is 61.1 cm³/mol. The number of hydrogen-bond donors (Lipinski definition) is 1. The number of halogens is 2. The van der Waals surface area contributed by atoms with E-state index in [0.29, 0.717) is 15.6 Å². The Morgan fingerprint density at radius 3 is 2.53 bits per heavy atom. The van der Waals surface area contributed by atoms with Crippen LogP contribution in [0.1, 0.15) is 0 Å². The van der Waals surface area contributed by atoms with E-state index in [4.69, 9.17) is 27.9 Å². The van der Waals surface area contributed by atoms with Gasteiger partial charge in [-0.25, -0.2) is 0 Å². The van der Waals surface area contributed by atoms with Crippen molar-refractivity contribution in [3.63, 3.8) is 0 Å². The molecule has 2 rings (SSSR count). The molecule has 0 fully saturated rings. The third kappa shape index (κ3) is 1.80. The van der Waals surface area contributed by atoms with E-state index in [1.54, 1.807) is 18.2 Å². The van der Waals surface area contributed by atoms with Gasteiger partial charge in [0.2, 0.25) is 0 Å². The molecule has 15 heavy (non-hydrogen) atoms. The van der Waals surface area contributed by atoms with Crippen LogP contribution in [0.4, 0.5) is 0 Å². The van der Waals surface area contributed by atoms with Crippen LogP contribution >= 0.6 is 23.2 Å². The molecule has 5 heteroatoms. The monoisotopic (exact) mass is 243 g/mol. The minimum Gasteiger partial charge on any atom is -0.491 e. The van der Waals surface area contributed by atoms with Crippen LogP contribution in [0.5, 0.6) is 5.75 Å². The van der Waals surface area contributed by atoms with Crippen LogP contribution < -0.4 is 10.3 Å². The molecule has 3 nitrogen and oxygen atoms in total. The van der Waals surface area contributed by atoms with Gasteiger partial charge in [-0.2, -0.15) is 0 Å². The van der Waals surface area contributed by atoms with E-state index in [-0.39, 0.29) is 11.3 Å². The summed E-state index contributed by atoms with van der Waals surface area (Å²) in [4.78, 5) is 14.1. The van der Waals surface area contributed by atoms with Gasteiger partial charge in [0.1, 0.15) is 0 Å². The predicted octanol–water partition coefficient (Wildman–Crippen LogP) is 2.84. The third-order valence-electron chi connectivity index (χ3n) is 2.07. The second-order valence-electron chi connectivity index (χ2n) is 3.02. The number of nitrogens with one attached hydrogen (secondary N) is 1. The Morgan fingerprint density at radius 2 is 1.87 bits per heavy atom. The molecule has 0 saturated carbocycles. The van der Waals surface area contributed by atoms with E-state index in [1.165, 1.54) is 7.11 Å². The molecular weight excluding hydrogens is 237 g/mol. The van der Waals surface area contributed by atoms with Gasteiger partial charge in [-0.1, -0.05) is 23.2 Å². The van der Waals surface area contributed by atoms with Crippen molar-refractivity contribution in [3.8, 4) is 5.75 Å². The second kappa shape index (κ2) is 3.76. The van der Waals surface area contributed by atoms with Gasteiger partial charge in [0.05, 0.1) is 22.7 Å². The molecule has 1 aromatic carbocycles. The lowest BCUT2D eigenvalue weighted by Crippen LogP contribution is -2.08. The number of hydrogen-bond acceptors (Lipinski definition) is 2. The average Bonchev–Trinajstić information content (AvgIpc) is 2.20. The van der Waals surface area contributed by atoms with Crippen LogP contribution in [0.3, 0.4) is 0 Å². The molecule has 0 spiro atoms. The van der Waals surface area contributed by atoms with Crippen molar-refractivity contribution in [2.45, 2.75) is 0 Å². The van der Waals surface area contributed by atoms with Gasteiger partial charge >= 0.3 is 0 Å². The van der Waals surface area contributed by atoms with Gasteiger partial charge in [-0.15, -0.1) is 0 Å². The Kier molecular flexibility index (Phi) is 2.59. The maximum atomic E-state index is 11.4. The fraction of sp³-hybridized carbons (Fsp3) is 0.100. The van der Waals surface area contributed by atoms with E-state index in [1.807, 2.05) is 0 Å². The minimum atomic E-state index is -0.289. The maximum Gasteiger partial charge on any atom is 0.290 e. The second-order valence-corrected chi connectivity index (χ2v) is 3.83. The highest BCUT2D eigenvalue weighted by atomic mass is 35.5. The smallest absolute Gasteiger partial charge is 0.290 e. The maximum absolute atomic E-state index is 11.4. The summed E-state index contributed by atoms with van der Waals surface area (Å²) in [5.41, 5.74) is 0.346. The molecule has 0 bridgehead atoms. The molecule has 1 aromatic heterocycles. The molecule has 0 atom stereocenters. The summed E-state index contributed by atoms with van der Waals surface area (Å²) in [7, 11) is 1.44. The first-order valence-corrected chi connectivity index (χ1v) is 4.93. The Hall–Kier alpha value is -1.19. The number of methoxy groups -OCH3 is 1. The fourth-order valence-electron chi connectivity index (χ4n) is 1.33. The van der Waals surface area contributed by atoms with Crippen molar-refractivity contribution in [2.24, 2.45) is 0 Å². The normalized spacial score (nSPS) is 10.6. The van der Waals surface area contributed by atoms with Crippen LogP contribution in [0.25, 0.3) is 10.9 Å². The van der Waals surface area contributed by atoms with Gasteiger partial charge in [0.15, 0.2) is 5.75 Å². The molecule has 0 unspecified atom stereocenters. The molecule has 0 aliphatic carbocycles. The molecule has 78 valence electrons. The third-order valence-corrected chi connectivity index (χ3v) is 2.79. The SMILES string of the molecule is COc1cc2cc(Cl)c(Cl)cc2[nH]c1=O. The van der Waals surface area contributed by atoms with Gasteiger partial charge in [-0.05, 0) is 18.2 Å². The molecule has 2 aromatic rings. The largest absolute Gasteiger partial charge is 0.491 e. The molecule has 0 aliphatic rings.